The fourth-order valence-electron chi connectivity index (χ4n) is 1.74. The second-order valence-electron chi connectivity index (χ2n) is 4.29. The lowest BCUT2D eigenvalue weighted by Gasteiger charge is -2.25. The molecule has 0 aromatic carbocycles. The van der Waals surface area contributed by atoms with E-state index in [0.717, 1.165) is 19.5 Å². The highest BCUT2D eigenvalue weighted by Gasteiger charge is 2.24. The first-order valence-electron chi connectivity index (χ1n) is 5.93. The van der Waals surface area contributed by atoms with Gasteiger partial charge in [-0.1, -0.05) is 6.92 Å². The summed E-state index contributed by atoms with van der Waals surface area (Å²) in [6.07, 6.45) is 2.60. The molecule has 2 rings (SSSR count). The number of aryl methyl sites for hydroxylation is 1. The fourth-order valence-corrected chi connectivity index (χ4v) is 1.74. The molecule has 0 radical (unpaired) electrons. The van der Waals surface area contributed by atoms with E-state index in [1.807, 2.05) is 6.92 Å². The number of amides is 1. The topological polar surface area (TPSA) is 63.1 Å². The summed E-state index contributed by atoms with van der Waals surface area (Å²) in [5, 5.41) is 5.88. The smallest absolute Gasteiger partial charge is 0.250 e. The predicted octanol–water partition coefficient (Wildman–Crippen LogP) is 0.416. The number of nitrogens with zero attached hydrogens (tertiary/aromatic N) is 1. The molecule has 0 atom stereocenters. The van der Waals surface area contributed by atoms with E-state index in [2.05, 4.69) is 10.6 Å². The summed E-state index contributed by atoms with van der Waals surface area (Å²) in [6, 6.07) is 3.14. The van der Waals surface area contributed by atoms with Gasteiger partial charge in [-0.15, -0.1) is 0 Å². The number of hydrogen-bond donors (Lipinski definition) is 2. The molecule has 1 aliphatic heterocycles. The van der Waals surface area contributed by atoms with Crippen molar-refractivity contribution in [3.05, 3.63) is 28.7 Å². The van der Waals surface area contributed by atoms with Crippen molar-refractivity contribution < 1.29 is 4.79 Å². The normalized spacial score (nSPS) is 15.4. The van der Waals surface area contributed by atoms with Crippen molar-refractivity contribution in [1.82, 2.24) is 9.88 Å². The van der Waals surface area contributed by atoms with Gasteiger partial charge in [0.15, 0.2) is 0 Å². The Morgan fingerprint density at radius 2 is 2.29 bits per heavy atom. The average Bonchev–Trinajstić information content (AvgIpc) is 2.20. The Labute approximate surface area is 99.8 Å². The Morgan fingerprint density at radius 1 is 1.53 bits per heavy atom. The van der Waals surface area contributed by atoms with Gasteiger partial charge in [0.05, 0.1) is 11.6 Å². The minimum Gasteiger partial charge on any atom is -0.324 e. The van der Waals surface area contributed by atoms with E-state index in [4.69, 9.17) is 0 Å². The van der Waals surface area contributed by atoms with Crippen molar-refractivity contribution in [2.24, 2.45) is 5.92 Å². The van der Waals surface area contributed by atoms with Gasteiger partial charge in [0, 0.05) is 31.9 Å². The maximum Gasteiger partial charge on any atom is 0.250 e. The van der Waals surface area contributed by atoms with Crippen molar-refractivity contribution in [2.45, 2.75) is 19.9 Å². The molecule has 1 aliphatic rings. The van der Waals surface area contributed by atoms with Crippen LogP contribution < -0.4 is 16.2 Å². The van der Waals surface area contributed by atoms with E-state index < -0.39 is 0 Å². The highest BCUT2D eigenvalue weighted by molar-refractivity contribution is 5.93. The van der Waals surface area contributed by atoms with E-state index in [9.17, 15) is 9.59 Å². The molecule has 0 bridgehead atoms. The number of pyridine rings is 1. The molecule has 0 aliphatic carbocycles. The second-order valence-corrected chi connectivity index (χ2v) is 4.29. The van der Waals surface area contributed by atoms with Crippen LogP contribution in [0, 0.1) is 5.92 Å². The summed E-state index contributed by atoms with van der Waals surface area (Å²) >= 11 is 0. The number of rotatable bonds is 4. The molecule has 17 heavy (non-hydrogen) atoms. The van der Waals surface area contributed by atoms with Gasteiger partial charge in [-0.3, -0.25) is 9.59 Å². The van der Waals surface area contributed by atoms with E-state index in [1.54, 1.807) is 16.8 Å². The molecule has 5 nitrogen and oxygen atoms in total. The Bertz CT molecular complexity index is 463. The maximum absolute atomic E-state index is 11.7. The highest BCUT2D eigenvalue weighted by Crippen LogP contribution is 2.09. The van der Waals surface area contributed by atoms with Crippen molar-refractivity contribution >= 4 is 11.6 Å². The van der Waals surface area contributed by atoms with E-state index >= 15 is 0 Å². The number of carbonyl (C=O) groups excluding carboxylic acids is 1. The van der Waals surface area contributed by atoms with Crippen LogP contribution in [0.4, 0.5) is 5.69 Å². The van der Waals surface area contributed by atoms with Crippen LogP contribution in [-0.2, 0) is 11.3 Å². The summed E-state index contributed by atoms with van der Waals surface area (Å²) in [5.74, 6) is 0.0759. The molecule has 2 heterocycles. The van der Waals surface area contributed by atoms with E-state index in [0.29, 0.717) is 12.2 Å². The van der Waals surface area contributed by atoms with Crippen LogP contribution in [0.3, 0.4) is 0 Å². The van der Waals surface area contributed by atoms with Crippen molar-refractivity contribution in [1.29, 1.82) is 0 Å². The molecule has 5 heteroatoms. The van der Waals surface area contributed by atoms with Crippen molar-refractivity contribution in [3.8, 4) is 0 Å². The van der Waals surface area contributed by atoms with Crippen LogP contribution in [0.2, 0.25) is 0 Å². The first-order valence-corrected chi connectivity index (χ1v) is 5.93. The lowest BCUT2D eigenvalue weighted by atomic mass is 10.0. The van der Waals surface area contributed by atoms with Gasteiger partial charge < -0.3 is 15.2 Å². The number of aromatic nitrogens is 1. The molecule has 0 saturated carbocycles. The Morgan fingerprint density at radius 3 is 2.88 bits per heavy atom. The first kappa shape index (κ1) is 11.9. The number of carbonyl (C=O) groups is 1. The lowest BCUT2D eigenvalue weighted by Crippen LogP contribution is -2.48. The molecular formula is C12H17N3O2. The molecular weight excluding hydrogens is 218 g/mol. The van der Waals surface area contributed by atoms with E-state index in [-0.39, 0.29) is 17.4 Å². The summed E-state index contributed by atoms with van der Waals surface area (Å²) in [4.78, 5) is 23.2. The van der Waals surface area contributed by atoms with Crippen LogP contribution in [-0.4, -0.2) is 23.6 Å². The van der Waals surface area contributed by atoms with Gasteiger partial charge >= 0.3 is 0 Å². The third-order valence-electron chi connectivity index (χ3n) is 2.87. The highest BCUT2D eigenvalue weighted by atomic mass is 16.2. The molecule has 0 spiro atoms. The van der Waals surface area contributed by atoms with Gasteiger partial charge in [0.25, 0.3) is 5.56 Å². The molecule has 0 unspecified atom stereocenters. The van der Waals surface area contributed by atoms with Gasteiger partial charge in [-0.05, 0) is 12.5 Å². The Balaban J connectivity index is 2.07. The maximum atomic E-state index is 11.7. The fraction of sp³-hybridized carbons (Fsp3) is 0.500. The van der Waals surface area contributed by atoms with Gasteiger partial charge in [0.1, 0.15) is 0 Å². The SMILES string of the molecule is CCCn1cc(NC(=O)C2CNC2)ccc1=O. The lowest BCUT2D eigenvalue weighted by molar-refractivity contribution is -0.121. The number of nitrogens with one attached hydrogen (secondary N) is 2. The summed E-state index contributed by atoms with van der Waals surface area (Å²) < 4.78 is 1.62. The first-order chi connectivity index (χ1) is 8.20. The average molecular weight is 235 g/mol. The monoisotopic (exact) mass is 235 g/mol. The zero-order chi connectivity index (χ0) is 12.3. The molecule has 92 valence electrons. The van der Waals surface area contributed by atoms with Gasteiger partial charge in [0.2, 0.25) is 5.91 Å². The quantitative estimate of drug-likeness (QED) is 0.795. The zero-order valence-corrected chi connectivity index (χ0v) is 9.90. The second kappa shape index (κ2) is 5.14. The van der Waals surface area contributed by atoms with Crippen LogP contribution in [0.25, 0.3) is 0 Å². The molecule has 1 amide bonds. The zero-order valence-electron chi connectivity index (χ0n) is 9.90. The summed E-state index contributed by atoms with van der Waals surface area (Å²) in [7, 11) is 0. The largest absolute Gasteiger partial charge is 0.324 e. The molecule has 2 N–H and O–H groups in total. The van der Waals surface area contributed by atoms with Crippen LogP contribution in [0.15, 0.2) is 23.1 Å². The summed E-state index contributed by atoms with van der Waals surface area (Å²) in [5.41, 5.74) is 0.658. The van der Waals surface area contributed by atoms with Gasteiger partial charge in [-0.2, -0.15) is 0 Å². The Kier molecular flexibility index (Phi) is 3.58. The molecule has 1 aromatic rings. The van der Waals surface area contributed by atoms with Crippen molar-refractivity contribution in [2.75, 3.05) is 18.4 Å². The number of anilines is 1. The number of hydrogen-bond acceptors (Lipinski definition) is 3. The minimum atomic E-state index is -0.0323. The van der Waals surface area contributed by atoms with Crippen LogP contribution in [0.1, 0.15) is 13.3 Å². The molecule has 1 saturated heterocycles. The molecule has 1 aromatic heterocycles. The van der Waals surface area contributed by atoms with Crippen LogP contribution >= 0.6 is 0 Å². The standard InChI is InChI=1S/C12H17N3O2/c1-2-5-15-8-10(3-4-11(15)16)14-12(17)9-6-13-7-9/h3-4,8-9,13H,2,5-7H2,1H3,(H,14,17). The Hall–Kier alpha value is -1.62. The third-order valence-corrected chi connectivity index (χ3v) is 2.87. The van der Waals surface area contributed by atoms with Crippen LogP contribution in [0.5, 0.6) is 0 Å². The summed E-state index contributed by atoms with van der Waals surface area (Å²) in [6.45, 7) is 4.16. The predicted molar refractivity (Wildman–Crippen MR) is 66.0 cm³/mol. The minimum absolute atomic E-state index is 0.0189. The van der Waals surface area contributed by atoms with E-state index in [1.165, 1.54) is 6.07 Å². The third kappa shape index (κ3) is 2.74. The van der Waals surface area contributed by atoms with Crippen molar-refractivity contribution in [3.63, 3.8) is 0 Å². The molecule has 1 fully saturated rings. The van der Waals surface area contributed by atoms with Gasteiger partial charge in [-0.25, -0.2) is 0 Å².